The third-order valence-electron chi connectivity index (χ3n) is 5.74. The van der Waals surface area contributed by atoms with Crippen LogP contribution < -0.4 is 38.2 Å². The van der Waals surface area contributed by atoms with E-state index in [9.17, 15) is 4.79 Å². The Morgan fingerprint density at radius 3 is 1.50 bits per heavy atom. The zero-order chi connectivity index (χ0) is 22.8. The maximum absolute atomic E-state index is 12.2. The molecule has 0 aliphatic heterocycles. The number of rotatable bonds is 9. The van der Waals surface area contributed by atoms with Crippen LogP contribution in [-0.4, -0.2) is 18.8 Å². The predicted molar refractivity (Wildman–Crippen MR) is 139 cm³/mol. The van der Waals surface area contributed by atoms with Gasteiger partial charge in [-0.3, -0.25) is 0 Å². The van der Waals surface area contributed by atoms with E-state index in [1.165, 1.54) is 15.9 Å². The average molecular weight is 534 g/mol. The summed E-state index contributed by atoms with van der Waals surface area (Å²) in [5.41, 5.74) is 0.981. The minimum absolute atomic E-state index is 0. The molecule has 34 heavy (non-hydrogen) atoms. The topological polar surface area (TPSA) is 38.3 Å². The molecule has 4 aromatic rings. The van der Waals surface area contributed by atoms with Crippen LogP contribution in [0.25, 0.3) is 0 Å². The molecule has 4 rings (SSSR count). The van der Waals surface area contributed by atoms with E-state index < -0.39 is 7.26 Å². The van der Waals surface area contributed by atoms with E-state index >= 15 is 0 Å². The summed E-state index contributed by atoms with van der Waals surface area (Å²) in [6, 6.07) is 42.1. The van der Waals surface area contributed by atoms with Gasteiger partial charge in [-0.25, -0.2) is 4.79 Å². The van der Waals surface area contributed by atoms with E-state index in [4.69, 9.17) is 4.74 Å². The molecule has 0 radical (unpaired) electrons. The molecule has 4 aromatic carbocycles. The number of halogens is 1. The summed E-state index contributed by atoms with van der Waals surface area (Å²) in [6.07, 6.45) is 1.44. The van der Waals surface area contributed by atoms with Crippen molar-refractivity contribution in [3.05, 3.63) is 127 Å². The normalized spacial score (nSPS) is 10.7. The van der Waals surface area contributed by atoms with Crippen molar-refractivity contribution in [1.82, 2.24) is 5.32 Å². The molecular formula is C29H29BrNO2P. The van der Waals surface area contributed by atoms with Gasteiger partial charge in [0.15, 0.2) is 0 Å². The first-order valence-corrected chi connectivity index (χ1v) is 13.3. The third kappa shape index (κ3) is 6.34. The van der Waals surface area contributed by atoms with Crippen LogP contribution in [0.5, 0.6) is 0 Å². The molecule has 0 unspecified atom stereocenters. The first-order valence-electron chi connectivity index (χ1n) is 11.3. The van der Waals surface area contributed by atoms with Gasteiger partial charge < -0.3 is 27.0 Å². The van der Waals surface area contributed by atoms with Crippen molar-refractivity contribution in [3.8, 4) is 0 Å². The summed E-state index contributed by atoms with van der Waals surface area (Å²) >= 11 is 0. The van der Waals surface area contributed by atoms with Crippen molar-refractivity contribution in [2.45, 2.75) is 13.0 Å². The molecular weight excluding hydrogens is 505 g/mol. The smallest absolute Gasteiger partial charge is 0.407 e. The van der Waals surface area contributed by atoms with Crippen LogP contribution >= 0.6 is 7.26 Å². The van der Waals surface area contributed by atoms with E-state index in [1.54, 1.807) is 0 Å². The zero-order valence-electron chi connectivity index (χ0n) is 19.0. The molecule has 1 N–H and O–H groups in total. The Bertz CT molecular complexity index is 1030. The highest BCUT2D eigenvalue weighted by Gasteiger charge is 2.44. The average Bonchev–Trinajstić information content (AvgIpc) is 2.90. The second kappa shape index (κ2) is 13.1. The molecule has 0 atom stereocenters. The predicted octanol–water partition coefficient (Wildman–Crippen LogP) is 2.30. The monoisotopic (exact) mass is 533 g/mol. The molecule has 0 aliphatic carbocycles. The molecule has 0 saturated carbocycles. The van der Waals surface area contributed by atoms with Gasteiger partial charge in [-0.15, -0.1) is 0 Å². The Morgan fingerprint density at radius 2 is 1.06 bits per heavy atom. The Kier molecular flexibility index (Phi) is 9.88. The number of carbonyl (C=O) groups is 1. The van der Waals surface area contributed by atoms with Gasteiger partial charge in [0.05, 0.1) is 6.16 Å². The highest BCUT2D eigenvalue weighted by Crippen LogP contribution is 2.55. The van der Waals surface area contributed by atoms with Crippen LogP contribution in [0.2, 0.25) is 0 Å². The van der Waals surface area contributed by atoms with Gasteiger partial charge in [-0.2, -0.15) is 0 Å². The molecule has 5 heteroatoms. The van der Waals surface area contributed by atoms with Gasteiger partial charge in [-0.1, -0.05) is 84.9 Å². The molecule has 0 aromatic heterocycles. The molecule has 0 fully saturated rings. The van der Waals surface area contributed by atoms with Crippen LogP contribution in [0.4, 0.5) is 4.79 Å². The molecule has 0 aliphatic rings. The minimum atomic E-state index is -1.87. The molecule has 0 bridgehead atoms. The first kappa shape index (κ1) is 25.7. The SMILES string of the molecule is O=C(NCCC[P+](c1ccccc1)(c1ccccc1)c1ccccc1)OCc1ccccc1.[Br-]. The van der Waals surface area contributed by atoms with E-state index in [0.29, 0.717) is 6.54 Å². The Labute approximate surface area is 213 Å². The number of alkyl carbamates (subject to hydrolysis) is 1. The summed E-state index contributed by atoms with van der Waals surface area (Å²) < 4.78 is 5.37. The maximum Gasteiger partial charge on any atom is 0.407 e. The van der Waals surface area contributed by atoms with Crippen LogP contribution in [-0.2, 0) is 11.3 Å². The number of benzene rings is 4. The fourth-order valence-electron chi connectivity index (χ4n) is 4.16. The summed E-state index contributed by atoms with van der Waals surface area (Å²) in [5.74, 6) is 0. The number of amides is 1. The second-order valence-corrected chi connectivity index (χ2v) is 11.5. The van der Waals surface area contributed by atoms with Gasteiger partial charge in [-0.05, 0) is 48.4 Å². The fraction of sp³-hybridized carbons (Fsp3) is 0.138. The number of hydrogen-bond acceptors (Lipinski definition) is 2. The highest BCUT2D eigenvalue weighted by molar-refractivity contribution is 7.95. The molecule has 0 heterocycles. The number of hydrogen-bond donors (Lipinski definition) is 1. The van der Waals surface area contributed by atoms with E-state index in [0.717, 1.165) is 18.1 Å². The lowest BCUT2D eigenvalue weighted by Crippen LogP contribution is -3.00. The zero-order valence-corrected chi connectivity index (χ0v) is 21.5. The maximum atomic E-state index is 12.2. The lowest BCUT2D eigenvalue weighted by atomic mass is 10.2. The molecule has 0 saturated heterocycles. The van der Waals surface area contributed by atoms with Crippen LogP contribution in [0.1, 0.15) is 12.0 Å². The summed E-state index contributed by atoms with van der Waals surface area (Å²) in [7, 11) is -1.87. The van der Waals surface area contributed by atoms with Crippen molar-refractivity contribution < 1.29 is 26.5 Å². The van der Waals surface area contributed by atoms with E-state index in [-0.39, 0.29) is 29.7 Å². The molecule has 3 nitrogen and oxygen atoms in total. The van der Waals surface area contributed by atoms with Gasteiger partial charge >= 0.3 is 6.09 Å². The van der Waals surface area contributed by atoms with Gasteiger partial charge in [0.25, 0.3) is 0 Å². The molecule has 0 spiro atoms. The Morgan fingerprint density at radius 1 is 0.647 bits per heavy atom. The minimum Gasteiger partial charge on any atom is -1.00 e. The first-order chi connectivity index (χ1) is 16.3. The standard InChI is InChI=1S/C29H28NO2P.BrH/c31-29(32-24-25-14-5-1-6-15-25)30-22-13-23-33(26-16-7-2-8-17-26,27-18-9-3-10-19-27)28-20-11-4-12-21-28;/h1-12,14-21H,13,22-24H2;1H. The van der Waals surface area contributed by atoms with E-state index in [1.807, 2.05) is 30.3 Å². The third-order valence-corrected chi connectivity index (χ3v) is 10.3. The van der Waals surface area contributed by atoms with Crippen molar-refractivity contribution in [1.29, 1.82) is 0 Å². The fourth-order valence-corrected chi connectivity index (χ4v) is 8.51. The summed E-state index contributed by atoms with van der Waals surface area (Å²) in [4.78, 5) is 12.2. The van der Waals surface area contributed by atoms with Crippen molar-refractivity contribution in [2.24, 2.45) is 0 Å². The van der Waals surface area contributed by atoms with Crippen molar-refractivity contribution in [3.63, 3.8) is 0 Å². The quantitative estimate of drug-likeness (QED) is 0.265. The van der Waals surface area contributed by atoms with Crippen molar-refractivity contribution >= 4 is 29.3 Å². The van der Waals surface area contributed by atoms with Gasteiger partial charge in [0.2, 0.25) is 0 Å². The van der Waals surface area contributed by atoms with Gasteiger partial charge in [0.1, 0.15) is 29.8 Å². The summed E-state index contributed by atoms with van der Waals surface area (Å²) in [5, 5.41) is 7.00. The van der Waals surface area contributed by atoms with Crippen molar-refractivity contribution in [2.75, 3.05) is 12.7 Å². The molecule has 1 amide bonds. The van der Waals surface area contributed by atoms with Crippen LogP contribution in [0.15, 0.2) is 121 Å². The van der Waals surface area contributed by atoms with E-state index in [2.05, 4.69) is 96.3 Å². The summed E-state index contributed by atoms with van der Waals surface area (Å²) in [6.45, 7) is 0.851. The van der Waals surface area contributed by atoms with Gasteiger partial charge in [0, 0.05) is 6.54 Å². The number of ether oxygens (including phenoxy) is 1. The highest BCUT2D eigenvalue weighted by atomic mass is 79.9. The lowest BCUT2D eigenvalue weighted by molar-refractivity contribution is -0.0000124. The Balaban J connectivity index is 0.00000324. The number of nitrogens with one attached hydrogen (secondary N) is 1. The lowest BCUT2D eigenvalue weighted by Gasteiger charge is -2.27. The Hall–Kier alpha value is -2.94. The number of carbonyl (C=O) groups excluding carboxylic acids is 1. The van der Waals surface area contributed by atoms with Crippen LogP contribution in [0.3, 0.4) is 0 Å². The van der Waals surface area contributed by atoms with Crippen LogP contribution in [0, 0.1) is 0 Å². The largest absolute Gasteiger partial charge is 1.00 e. The molecule has 174 valence electrons. The second-order valence-electron chi connectivity index (χ2n) is 7.88.